The van der Waals surface area contributed by atoms with Gasteiger partial charge in [-0.3, -0.25) is 4.79 Å². The second kappa shape index (κ2) is 6.28. The van der Waals surface area contributed by atoms with Gasteiger partial charge in [0, 0.05) is 17.1 Å². The zero-order valence-electron chi connectivity index (χ0n) is 9.16. The van der Waals surface area contributed by atoms with Crippen LogP contribution in [0.1, 0.15) is 11.1 Å². The summed E-state index contributed by atoms with van der Waals surface area (Å²) < 4.78 is 0.986. The summed E-state index contributed by atoms with van der Waals surface area (Å²) in [5, 5.41) is 2.67. The van der Waals surface area contributed by atoms with E-state index in [1.807, 2.05) is 25.1 Å². The van der Waals surface area contributed by atoms with Crippen LogP contribution in [0.15, 0.2) is 41.4 Å². The van der Waals surface area contributed by atoms with Crippen molar-refractivity contribution in [2.24, 2.45) is 0 Å². The van der Waals surface area contributed by atoms with E-state index in [2.05, 4.69) is 27.8 Å². The molecule has 0 unspecified atom stereocenters. The minimum absolute atomic E-state index is 0.118. The molecule has 0 spiro atoms. The fraction of sp³-hybridized carbons (Fsp3) is 0.154. The molecule has 0 aromatic heterocycles. The molecule has 0 aliphatic heterocycles. The van der Waals surface area contributed by atoms with Crippen LogP contribution < -0.4 is 5.32 Å². The molecule has 1 aromatic rings. The van der Waals surface area contributed by atoms with Crippen LogP contribution in [0.25, 0.3) is 6.08 Å². The number of aryl methyl sites for hydroxylation is 1. The maximum absolute atomic E-state index is 11.3. The number of benzene rings is 1. The Kier molecular flexibility index (Phi) is 4.99. The summed E-state index contributed by atoms with van der Waals surface area (Å²) in [6, 6.07) is 5.99. The first kappa shape index (κ1) is 12.7. The van der Waals surface area contributed by atoms with Crippen molar-refractivity contribution in [2.45, 2.75) is 6.92 Å². The van der Waals surface area contributed by atoms with E-state index in [9.17, 15) is 4.79 Å². The van der Waals surface area contributed by atoms with Crippen LogP contribution in [0.2, 0.25) is 0 Å². The summed E-state index contributed by atoms with van der Waals surface area (Å²) >= 11 is 3.45. The molecule has 1 amide bonds. The molecule has 1 rings (SSSR count). The minimum atomic E-state index is -0.118. The quantitative estimate of drug-likeness (QED) is 0.666. The van der Waals surface area contributed by atoms with Gasteiger partial charge in [-0.05, 0) is 30.2 Å². The van der Waals surface area contributed by atoms with Gasteiger partial charge in [0.05, 0.1) is 0 Å². The van der Waals surface area contributed by atoms with Gasteiger partial charge >= 0.3 is 0 Å². The first-order chi connectivity index (χ1) is 7.63. The SMILES string of the molecule is C=CCNC(=O)/C=C/c1ccc(C)cc1Br. The third-order valence-corrected chi connectivity index (χ3v) is 2.68. The highest BCUT2D eigenvalue weighted by molar-refractivity contribution is 9.10. The lowest BCUT2D eigenvalue weighted by Gasteiger charge is -2.00. The van der Waals surface area contributed by atoms with E-state index in [1.165, 1.54) is 11.6 Å². The molecule has 1 N–H and O–H groups in total. The minimum Gasteiger partial charge on any atom is -0.349 e. The summed E-state index contributed by atoms with van der Waals surface area (Å²) in [5.74, 6) is -0.118. The molecular formula is C13H14BrNO. The van der Waals surface area contributed by atoms with Crippen molar-refractivity contribution in [1.29, 1.82) is 0 Å². The summed E-state index contributed by atoms with van der Waals surface area (Å²) in [5.41, 5.74) is 2.17. The van der Waals surface area contributed by atoms with Crippen molar-refractivity contribution >= 4 is 27.9 Å². The number of hydrogen-bond acceptors (Lipinski definition) is 1. The van der Waals surface area contributed by atoms with Crippen molar-refractivity contribution in [2.75, 3.05) is 6.54 Å². The summed E-state index contributed by atoms with van der Waals surface area (Å²) in [6.07, 6.45) is 4.94. The number of carbonyl (C=O) groups is 1. The van der Waals surface area contributed by atoms with Crippen LogP contribution in [0.3, 0.4) is 0 Å². The smallest absolute Gasteiger partial charge is 0.244 e. The molecule has 0 aliphatic carbocycles. The van der Waals surface area contributed by atoms with E-state index in [0.717, 1.165) is 10.0 Å². The molecule has 0 radical (unpaired) electrons. The molecule has 0 fully saturated rings. The topological polar surface area (TPSA) is 29.1 Å². The third kappa shape index (κ3) is 4.03. The van der Waals surface area contributed by atoms with Crippen molar-refractivity contribution in [3.63, 3.8) is 0 Å². The van der Waals surface area contributed by atoms with Crippen LogP contribution in [0.4, 0.5) is 0 Å². The van der Waals surface area contributed by atoms with E-state index in [-0.39, 0.29) is 5.91 Å². The lowest BCUT2D eigenvalue weighted by molar-refractivity contribution is -0.116. The second-order valence-electron chi connectivity index (χ2n) is 3.39. The predicted octanol–water partition coefficient (Wildman–Crippen LogP) is 3.07. The molecule has 3 heteroatoms. The molecular weight excluding hydrogens is 266 g/mol. The van der Waals surface area contributed by atoms with Crippen molar-refractivity contribution in [1.82, 2.24) is 5.32 Å². The zero-order valence-corrected chi connectivity index (χ0v) is 10.8. The van der Waals surface area contributed by atoms with Crippen molar-refractivity contribution in [3.05, 3.63) is 52.5 Å². The van der Waals surface area contributed by atoms with Crippen molar-refractivity contribution in [3.8, 4) is 0 Å². The lowest BCUT2D eigenvalue weighted by Crippen LogP contribution is -2.20. The van der Waals surface area contributed by atoms with Crippen LogP contribution in [-0.4, -0.2) is 12.5 Å². The van der Waals surface area contributed by atoms with Gasteiger partial charge in [-0.15, -0.1) is 6.58 Å². The molecule has 16 heavy (non-hydrogen) atoms. The fourth-order valence-corrected chi connectivity index (χ4v) is 1.79. The van der Waals surface area contributed by atoms with E-state index in [0.29, 0.717) is 6.54 Å². The Hall–Kier alpha value is -1.35. The third-order valence-electron chi connectivity index (χ3n) is 1.99. The molecule has 2 nitrogen and oxygen atoms in total. The van der Waals surface area contributed by atoms with Gasteiger partial charge < -0.3 is 5.32 Å². The average molecular weight is 280 g/mol. The van der Waals surface area contributed by atoms with E-state index in [1.54, 1.807) is 12.2 Å². The zero-order chi connectivity index (χ0) is 12.0. The number of rotatable bonds is 4. The molecule has 1 aromatic carbocycles. The Morgan fingerprint density at radius 3 is 2.94 bits per heavy atom. The highest BCUT2D eigenvalue weighted by Gasteiger charge is 1.97. The molecule has 84 valence electrons. The van der Waals surface area contributed by atoms with Crippen molar-refractivity contribution < 1.29 is 4.79 Å². The Morgan fingerprint density at radius 1 is 1.56 bits per heavy atom. The standard InChI is InChI=1S/C13H14BrNO/c1-3-8-15-13(16)7-6-11-5-4-10(2)9-12(11)14/h3-7,9H,1,8H2,2H3,(H,15,16)/b7-6+. The van der Waals surface area contributed by atoms with Gasteiger partial charge in [0.25, 0.3) is 0 Å². The van der Waals surface area contributed by atoms with Gasteiger partial charge in [0.2, 0.25) is 5.91 Å². The highest BCUT2D eigenvalue weighted by Crippen LogP contribution is 2.19. The Morgan fingerprint density at radius 2 is 2.31 bits per heavy atom. The van der Waals surface area contributed by atoms with Crippen LogP contribution in [0.5, 0.6) is 0 Å². The maximum atomic E-state index is 11.3. The molecule has 0 heterocycles. The van der Waals surface area contributed by atoms with Gasteiger partial charge in [0.1, 0.15) is 0 Å². The average Bonchev–Trinajstić information content (AvgIpc) is 2.25. The lowest BCUT2D eigenvalue weighted by atomic mass is 10.1. The van der Waals surface area contributed by atoms with E-state index in [4.69, 9.17) is 0 Å². The monoisotopic (exact) mass is 279 g/mol. The summed E-state index contributed by atoms with van der Waals surface area (Å²) in [6.45, 7) is 6.04. The second-order valence-corrected chi connectivity index (χ2v) is 4.25. The maximum Gasteiger partial charge on any atom is 0.244 e. The number of hydrogen-bond donors (Lipinski definition) is 1. The molecule has 0 atom stereocenters. The number of amides is 1. The number of nitrogens with one attached hydrogen (secondary N) is 1. The molecule has 0 bridgehead atoms. The Labute approximate surface area is 104 Å². The van der Waals surface area contributed by atoms with Crippen LogP contribution in [0, 0.1) is 6.92 Å². The van der Waals surface area contributed by atoms with Crippen LogP contribution in [-0.2, 0) is 4.79 Å². The Bertz CT molecular complexity index is 424. The van der Waals surface area contributed by atoms with E-state index < -0.39 is 0 Å². The first-order valence-corrected chi connectivity index (χ1v) is 5.75. The molecule has 0 saturated carbocycles. The Balaban J connectivity index is 2.68. The van der Waals surface area contributed by atoms with Gasteiger partial charge in [-0.1, -0.05) is 34.1 Å². The number of carbonyl (C=O) groups excluding carboxylic acids is 1. The highest BCUT2D eigenvalue weighted by atomic mass is 79.9. The van der Waals surface area contributed by atoms with Gasteiger partial charge in [-0.2, -0.15) is 0 Å². The largest absolute Gasteiger partial charge is 0.349 e. The summed E-state index contributed by atoms with van der Waals surface area (Å²) in [4.78, 5) is 11.3. The predicted molar refractivity (Wildman–Crippen MR) is 71.1 cm³/mol. The van der Waals surface area contributed by atoms with E-state index >= 15 is 0 Å². The van der Waals surface area contributed by atoms with Crippen LogP contribution >= 0.6 is 15.9 Å². The summed E-state index contributed by atoms with van der Waals surface area (Å²) in [7, 11) is 0. The molecule has 0 saturated heterocycles. The fourth-order valence-electron chi connectivity index (χ4n) is 1.16. The number of halogens is 1. The molecule has 0 aliphatic rings. The normalized spacial score (nSPS) is 10.4. The van der Waals surface area contributed by atoms with Gasteiger partial charge in [-0.25, -0.2) is 0 Å². The van der Waals surface area contributed by atoms with Gasteiger partial charge in [0.15, 0.2) is 0 Å². The first-order valence-electron chi connectivity index (χ1n) is 4.96.